The number of amides is 2. The van der Waals surface area contributed by atoms with Gasteiger partial charge in [-0.2, -0.15) is 13.2 Å². The Labute approximate surface area is 119 Å². The Morgan fingerprint density at radius 2 is 1.88 bits per heavy atom. The van der Waals surface area contributed by atoms with Crippen LogP contribution in [0.3, 0.4) is 0 Å². The first kappa shape index (κ1) is 16.3. The molecule has 0 spiro atoms. The summed E-state index contributed by atoms with van der Waals surface area (Å²) in [5.41, 5.74) is -0.669. The molecule has 1 rings (SSSR count). The molecule has 2 amide bonds. The molecule has 0 bridgehead atoms. The number of hydrogen-bond donors (Lipinski definition) is 1. The van der Waals surface area contributed by atoms with E-state index in [2.05, 4.69) is 5.32 Å². The summed E-state index contributed by atoms with van der Waals surface area (Å²) in [6.45, 7) is 0. The van der Waals surface area contributed by atoms with Gasteiger partial charge in [0.25, 0.3) is 0 Å². The van der Waals surface area contributed by atoms with Gasteiger partial charge in [0.1, 0.15) is 0 Å². The molecule has 0 atom stereocenters. The fourth-order valence-electron chi connectivity index (χ4n) is 1.01. The van der Waals surface area contributed by atoms with E-state index in [0.717, 1.165) is 12.1 Å². The molecule has 0 saturated carbocycles. The van der Waals surface area contributed by atoms with Crippen LogP contribution in [-0.4, -0.2) is 54.6 Å². The molecule has 17 heavy (non-hydrogen) atoms. The first-order valence-electron chi connectivity index (χ1n) is 4.46. The van der Waals surface area contributed by atoms with Gasteiger partial charge in [-0.3, -0.25) is 0 Å². The van der Waals surface area contributed by atoms with Crippen molar-refractivity contribution in [1.82, 2.24) is 4.90 Å². The van der Waals surface area contributed by atoms with Crippen LogP contribution in [0, 0.1) is 0 Å². The number of benzene rings is 1. The van der Waals surface area contributed by atoms with Crippen LogP contribution in [-0.2, 0) is 6.18 Å². The Balaban J connectivity index is 0.00000256. The number of nitrogens with zero attached hydrogens (tertiary/aromatic N) is 1. The number of carbonyl (C=O) groups excluding carboxylic acids is 1. The third kappa shape index (κ3) is 4.97. The van der Waals surface area contributed by atoms with Crippen LogP contribution in [0.2, 0.25) is 0 Å². The van der Waals surface area contributed by atoms with Crippen molar-refractivity contribution in [1.29, 1.82) is 0 Å². The Morgan fingerprint density at radius 3 is 2.35 bits per heavy atom. The maximum absolute atomic E-state index is 12.3. The summed E-state index contributed by atoms with van der Waals surface area (Å²) in [5.74, 6) is 0. The predicted octanol–water partition coefficient (Wildman–Crippen LogP) is 2.15. The van der Waals surface area contributed by atoms with Gasteiger partial charge in [-0.15, -0.1) is 0 Å². The minimum atomic E-state index is -4.40. The van der Waals surface area contributed by atoms with E-state index in [4.69, 9.17) is 0 Å². The Hall–Kier alpha value is -0.720. The van der Waals surface area contributed by atoms with Crippen molar-refractivity contribution in [2.24, 2.45) is 0 Å². The second-order valence-electron chi connectivity index (χ2n) is 3.40. The Bertz CT molecular complexity index is 393. The van der Waals surface area contributed by atoms with E-state index < -0.39 is 17.8 Å². The maximum atomic E-state index is 12.3. The van der Waals surface area contributed by atoms with Crippen LogP contribution in [0.15, 0.2) is 24.3 Å². The molecule has 1 N–H and O–H groups in total. The minimum absolute atomic E-state index is 0. The molecular weight excluding hydrogens is 244 g/mol. The van der Waals surface area contributed by atoms with Crippen molar-refractivity contribution < 1.29 is 18.0 Å². The molecule has 1 aromatic rings. The van der Waals surface area contributed by atoms with Crippen molar-refractivity contribution in [3.63, 3.8) is 0 Å². The van der Waals surface area contributed by atoms with Crippen molar-refractivity contribution >= 4 is 41.3 Å². The average molecular weight is 256 g/mol. The van der Waals surface area contributed by atoms with Crippen LogP contribution in [0.1, 0.15) is 5.56 Å². The van der Waals surface area contributed by atoms with Crippen LogP contribution in [0.4, 0.5) is 23.7 Å². The Kier molecular flexibility index (Phi) is 6.01. The molecule has 90 valence electrons. The van der Waals surface area contributed by atoms with E-state index in [-0.39, 0.29) is 35.2 Å². The summed E-state index contributed by atoms with van der Waals surface area (Å²) in [6, 6.07) is 4.01. The number of halogens is 3. The molecule has 0 aliphatic rings. The van der Waals surface area contributed by atoms with Gasteiger partial charge >= 0.3 is 41.8 Å². The van der Waals surface area contributed by atoms with Crippen LogP contribution < -0.4 is 5.32 Å². The molecule has 0 aliphatic heterocycles. The van der Waals surface area contributed by atoms with Crippen LogP contribution >= 0.6 is 0 Å². The number of carbonyl (C=O) groups is 1. The number of rotatable bonds is 1. The normalized spacial score (nSPS) is 10.4. The van der Waals surface area contributed by atoms with Crippen molar-refractivity contribution in [3.05, 3.63) is 29.8 Å². The molecule has 7 heteroatoms. The zero-order valence-corrected chi connectivity index (χ0v) is 8.80. The summed E-state index contributed by atoms with van der Waals surface area (Å²) < 4.78 is 37.0. The number of urea groups is 1. The molecule has 0 radical (unpaired) electrons. The van der Waals surface area contributed by atoms with Gasteiger partial charge < -0.3 is 10.2 Å². The van der Waals surface area contributed by atoms with E-state index in [9.17, 15) is 18.0 Å². The van der Waals surface area contributed by atoms with Gasteiger partial charge in [-0.05, 0) is 18.2 Å². The fourth-order valence-corrected chi connectivity index (χ4v) is 1.01. The van der Waals surface area contributed by atoms with Crippen molar-refractivity contribution in [3.8, 4) is 0 Å². The summed E-state index contributed by atoms with van der Waals surface area (Å²) in [4.78, 5) is 12.4. The molecular formula is C10H12F3N2NaO. The molecule has 0 saturated heterocycles. The van der Waals surface area contributed by atoms with Gasteiger partial charge in [-0.25, -0.2) is 4.79 Å². The monoisotopic (exact) mass is 256 g/mol. The first-order valence-corrected chi connectivity index (χ1v) is 4.46. The van der Waals surface area contributed by atoms with Crippen LogP contribution in [0.5, 0.6) is 0 Å². The summed E-state index contributed by atoms with van der Waals surface area (Å²) in [5, 5.41) is 2.34. The Morgan fingerprint density at radius 1 is 1.29 bits per heavy atom. The van der Waals surface area contributed by atoms with Crippen LogP contribution in [0.25, 0.3) is 0 Å². The molecule has 0 aromatic heterocycles. The zero-order valence-electron chi connectivity index (χ0n) is 8.80. The van der Waals surface area contributed by atoms with Gasteiger partial charge in [0.15, 0.2) is 0 Å². The topological polar surface area (TPSA) is 32.3 Å². The molecule has 1 aromatic carbocycles. The average Bonchev–Trinajstić information content (AvgIpc) is 2.16. The standard InChI is InChI=1S/C10H11F3N2O.Na.H/c1-15(2)9(16)14-8-5-3-4-7(6-8)10(11,12)13;;/h3-6H,1-2H3,(H,14,16);;. The van der Waals surface area contributed by atoms with Crippen molar-refractivity contribution in [2.75, 3.05) is 19.4 Å². The fraction of sp³-hybridized carbons (Fsp3) is 0.300. The van der Waals surface area contributed by atoms with E-state index in [1.807, 2.05) is 0 Å². The second kappa shape index (κ2) is 6.28. The van der Waals surface area contributed by atoms with E-state index in [0.29, 0.717) is 0 Å². The third-order valence-electron chi connectivity index (χ3n) is 1.85. The summed E-state index contributed by atoms with van der Waals surface area (Å²) >= 11 is 0. The molecule has 0 heterocycles. The second-order valence-corrected chi connectivity index (χ2v) is 3.40. The van der Waals surface area contributed by atoms with Gasteiger partial charge in [0.2, 0.25) is 0 Å². The molecule has 0 fully saturated rings. The molecule has 3 nitrogen and oxygen atoms in total. The first-order chi connectivity index (χ1) is 7.30. The number of alkyl halides is 3. The van der Waals surface area contributed by atoms with E-state index >= 15 is 0 Å². The zero-order chi connectivity index (χ0) is 12.3. The molecule has 0 unspecified atom stereocenters. The summed E-state index contributed by atoms with van der Waals surface area (Å²) in [7, 11) is 3.01. The van der Waals surface area contributed by atoms with Gasteiger partial charge in [-0.1, -0.05) is 6.07 Å². The summed E-state index contributed by atoms with van der Waals surface area (Å²) in [6.07, 6.45) is -4.40. The number of hydrogen-bond acceptors (Lipinski definition) is 1. The SMILES string of the molecule is CN(C)C(=O)Nc1cccc(C(F)(F)F)c1.[NaH]. The van der Waals surface area contributed by atoms with E-state index in [1.54, 1.807) is 0 Å². The van der Waals surface area contributed by atoms with Gasteiger partial charge in [0.05, 0.1) is 5.56 Å². The van der Waals surface area contributed by atoms with Crippen molar-refractivity contribution in [2.45, 2.75) is 6.18 Å². The third-order valence-corrected chi connectivity index (χ3v) is 1.85. The predicted molar refractivity (Wildman–Crippen MR) is 61.3 cm³/mol. The molecule has 0 aliphatic carbocycles. The number of anilines is 1. The van der Waals surface area contributed by atoms with E-state index in [1.165, 1.54) is 31.1 Å². The quantitative estimate of drug-likeness (QED) is 0.767. The number of nitrogens with one attached hydrogen (secondary N) is 1. The van der Waals surface area contributed by atoms with Gasteiger partial charge in [0, 0.05) is 19.8 Å².